The fourth-order valence-corrected chi connectivity index (χ4v) is 3.49. The van der Waals surface area contributed by atoms with Crippen LogP contribution in [0.3, 0.4) is 0 Å². The number of rotatable bonds is 9. The number of nitrogens with two attached hydrogens (primary N) is 1. The van der Waals surface area contributed by atoms with Crippen LogP contribution in [0, 0.1) is 0 Å². The van der Waals surface area contributed by atoms with Gasteiger partial charge in [-0.3, -0.25) is 19.1 Å². The molecule has 0 aromatic carbocycles. The molecule has 0 aliphatic rings. The van der Waals surface area contributed by atoms with Gasteiger partial charge in [0.15, 0.2) is 5.69 Å². The van der Waals surface area contributed by atoms with Crippen molar-refractivity contribution in [2.45, 2.75) is 52.5 Å². The Bertz CT molecular complexity index is 839. The highest BCUT2D eigenvalue weighted by atomic mass is 32.1. The summed E-state index contributed by atoms with van der Waals surface area (Å²) in [5.41, 5.74) is 5.06. The topological polar surface area (TPSA) is 101 Å². The third-order valence-corrected chi connectivity index (χ3v) is 5.07. The van der Waals surface area contributed by atoms with E-state index in [1.54, 1.807) is 11.3 Å². The quantitative estimate of drug-likeness (QED) is 0.699. The van der Waals surface area contributed by atoms with E-state index in [1.165, 1.54) is 9.47 Å². The van der Waals surface area contributed by atoms with E-state index in [9.17, 15) is 14.4 Å². The molecule has 8 heteroatoms. The lowest BCUT2D eigenvalue weighted by Gasteiger charge is -2.24. The van der Waals surface area contributed by atoms with Crippen LogP contribution in [0.5, 0.6) is 0 Å². The summed E-state index contributed by atoms with van der Waals surface area (Å²) < 4.78 is 1.32. The number of hydrogen-bond donors (Lipinski definition) is 2. The highest BCUT2D eigenvalue weighted by Gasteiger charge is 2.23. The number of thiophene rings is 1. The molecule has 2 aromatic heterocycles. The molecule has 2 heterocycles. The first kappa shape index (κ1) is 20.0. The summed E-state index contributed by atoms with van der Waals surface area (Å²) in [6, 6.07) is 3.93. The number of carbonyl (C=O) groups excluding carboxylic acids is 1. The molecule has 2 aromatic rings. The molecule has 3 N–H and O–H groups in total. The largest absolute Gasteiger partial charge is 0.383 e. The zero-order chi connectivity index (χ0) is 19.1. The number of aromatic amines is 1. The van der Waals surface area contributed by atoms with Crippen LogP contribution < -0.4 is 21.9 Å². The first-order chi connectivity index (χ1) is 12.5. The van der Waals surface area contributed by atoms with Crippen LogP contribution in [0.1, 0.15) is 44.4 Å². The summed E-state index contributed by atoms with van der Waals surface area (Å²) >= 11 is 1.60. The fourth-order valence-electron chi connectivity index (χ4n) is 2.78. The second-order valence-corrected chi connectivity index (χ2v) is 7.16. The van der Waals surface area contributed by atoms with E-state index in [4.69, 9.17) is 5.73 Å². The number of nitrogens with one attached hydrogen (secondary N) is 1. The van der Waals surface area contributed by atoms with Crippen LogP contribution in [0.4, 0.5) is 11.5 Å². The molecule has 0 radical (unpaired) electrons. The van der Waals surface area contributed by atoms with Gasteiger partial charge >= 0.3 is 5.69 Å². The number of hydrogen-bond acceptors (Lipinski definition) is 5. The summed E-state index contributed by atoms with van der Waals surface area (Å²) in [7, 11) is 0. The van der Waals surface area contributed by atoms with Crippen LogP contribution in [0.25, 0.3) is 0 Å². The number of H-pyrrole nitrogens is 1. The molecule has 142 valence electrons. The lowest BCUT2D eigenvalue weighted by molar-refractivity contribution is -0.118. The van der Waals surface area contributed by atoms with Gasteiger partial charge in [0.2, 0.25) is 5.91 Å². The number of aryl methyl sites for hydroxylation is 1. The molecule has 0 unspecified atom stereocenters. The number of aromatic nitrogens is 2. The van der Waals surface area contributed by atoms with E-state index in [2.05, 4.69) is 4.98 Å². The van der Waals surface area contributed by atoms with Crippen LogP contribution in [0.2, 0.25) is 0 Å². The van der Waals surface area contributed by atoms with E-state index in [0.717, 1.165) is 17.7 Å². The van der Waals surface area contributed by atoms with Crippen molar-refractivity contribution >= 4 is 28.7 Å². The fraction of sp³-hybridized carbons (Fsp3) is 0.500. The SMILES string of the molecule is CCCCN(C(=O)CCc1cccs1)c1c(N)n(CCC)c(=O)[nH]c1=O. The maximum atomic E-state index is 12.8. The Balaban J connectivity index is 2.36. The van der Waals surface area contributed by atoms with Gasteiger partial charge in [0, 0.05) is 24.4 Å². The van der Waals surface area contributed by atoms with E-state index < -0.39 is 11.2 Å². The minimum atomic E-state index is -0.611. The molecule has 0 aliphatic carbocycles. The highest BCUT2D eigenvalue weighted by Crippen LogP contribution is 2.20. The first-order valence-corrected chi connectivity index (χ1v) is 9.82. The monoisotopic (exact) mass is 378 g/mol. The van der Waals surface area contributed by atoms with Gasteiger partial charge in [-0.15, -0.1) is 11.3 Å². The van der Waals surface area contributed by atoms with E-state index >= 15 is 0 Å². The molecule has 0 spiro atoms. The maximum Gasteiger partial charge on any atom is 0.330 e. The number of amides is 1. The Labute approximate surface area is 156 Å². The Morgan fingerprint density at radius 2 is 2.08 bits per heavy atom. The zero-order valence-electron chi connectivity index (χ0n) is 15.3. The first-order valence-electron chi connectivity index (χ1n) is 8.94. The van der Waals surface area contributed by atoms with E-state index in [0.29, 0.717) is 25.9 Å². The molecule has 0 atom stereocenters. The molecule has 0 fully saturated rings. The van der Waals surface area contributed by atoms with Gasteiger partial charge in [0.25, 0.3) is 5.56 Å². The lowest BCUT2D eigenvalue weighted by Crippen LogP contribution is -2.41. The average Bonchev–Trinajstić information content (AvgIpc) is 3.12. The summed E-state index contributed by atoms with van der Waals surface area (Å²) in [4.78, 5) is 42.1. The third kappa shape index (κ3) is 4.63. The molecule has 7 nitrogen and oxygen atoms in total. The Hall–Kier alpha value is -2.35. The van der Waals surface area contributed by atoms with Gasteiger partial charge in [0.1, 0.15) is 5.82 Å². The van der Waals surface area contributed by atoms with Gasteiger partial charge in [-0.25, -0.2) is 4.79 Å². The molecular formula is C18H26N4O3S. The van der Waals surface area contributed by atoms with Crippen molar-refractivity contribution in [3.63, 3.8) is 0 Å². The van der Waals surface area contributed by atoms with Crippen LogP contribution in [-0.2, 0) is 17.8 Å². The summed E-state index contributed by atoms with van der Waals surface area (Å²) in [5.74, 6) is -0.105. The summed E-state index contributed by atoms with van der Waals surface area (Å²) in [6.45, 7) is 4.72. The lowest BCUT2D eigenvalue weighted by atomic mass is 10.2. The minimum absolute atomic E-state index is 0.0566. The number of nitrogens with zero attached hydrogens (tertiary/aromatic N) is 2. The van der Waals surface area contributed by atoms with Crippen molar-refractivity contribution in [2.24, 2.45) is 0 Å². The van der Waals surface area contributed by atoms with Crippen molar-refractivity contribution < 1.29 is 4.79 Å². The molecular weight excluding hydrogens is 352 g/mol. The molecule has 2 rings (SSSR count). The van der Waals surface area contributed by atoms with Gasteiger partial charge in [-0.05, 0) is 30.7 Å². The number of carbonyl (C=O) groups is 1. The number of nitrogen functional groups attached to an aromatic ring is 1. The molecule has 0 aliphatic heterocycles. The van der Waals surface area contributed by atoms with E-state index in [1.807, 2.05) is 31.4 Å². The zero-order valence-corrected chi connectivity index (χ0v) is 16.1. The molecule has 1 amide bonds. The van der Waals surface area contributed by atoms with Gasteiger partial charge in [0.05, 0.1) is 0 Å². The van der Waals surface area contributed by atoms with Gasteiger partial charge < -0.3 is 10.6 Å². The third-order valence-electron chi connectivity index (χ3n) is 4.13. The normalized spacial score (nSPS) is 10.8. The smallest absolute Gasteiger partial charge is 0.330 e. The number of anilines is 2. The van der Waals surface area contributed by atoms with Crippen molar-refractivity contribution in [1.29, 1.82) is 0 Å². The molecule has 0 bridgehead atoms. The van der Waals surface area contributed by atoms with Crippen molar-refractivity contribution in [1.82, 2.24) is 9.55 Å². The molecule has 0 saturated carbocycles. The van der Waals surface area contributed by atoms with Gasteiger partial charge in [-0.1, -0.05) is 26.3 Å². The second-order valence-electron chi connectivity index (χ2n) is 6.12. The Morgan fingerprint density at radius 3 is 2.69 bits per heavy atom. The predicted octanol–water partition coefficient (Wildman–Crippen LogP) is 2.36. The van der Waals surface area contributed by atoms with Crippen molar-refractivity contribution in [2.75, 3.05) is 17.2 Å². The summed E-state index contributed by atoms with van der Waals surface area (Å²) in [6.07, 6.45) is 3.22. The Morgan fingerprint density at radius 1 is 1.31 bits per heavy atom. The van der Waals surface area contributed by atoms with E-state index in [-0.39, 0.29) is 23.8 Å². The number of unbranched alkanes of at least 4 members (excludes halogenated alkanes) is 1. The Kier molecular flexibility index (Phi) is 7.20. The maximum absolute atomic E-state index is 12.8. The molecule has 0 saturated heterocycles. The van der Waals surface area contributed by atoms with Crippen LogP contribution in [-0.4, -0.2) is 22.0 Å². The molecule has 26 heavy (non-hydrogen) atoms. The predicted molar refractivity (Wildman–Crippen MR) is 106 cm³/mol. The van der Waals surface area contributed by atoms with Gasteiger partial charge in [-0.2, -0.15) is 0 Å². The minimum Gasteiger partial charge on any atom is -0.383 e. The second kappa shape index (κ2) is 9.38. The van der Waals surface area contributed by atoms with Crippen LogP contribution >= 0.6 is 11.3 Å². The van der Waals surface area contributed by atoms with Crippen molar-refractivity contribution in [3.05, 3.63) is 43.2 Å². The average molecular weight is 378 g/mol. The van der Waals surface area contributed by atoms with Crippen LogP contribution in [0.15, 0.2) is 27.1 Å². The van der Waals surface area contributed by atoms with Crippen molar-refractivity contribution in [3.8, 4) is 0 Å². The standard InChI is InChI=1S/C18H26N4O3S/c1-3-5-11-21(14(23)9-8-13-7-6-12-26-13)15-16(19)22(10-4-2)18(25)20-17(15)24/h6-7,12H,3-5,8-11,19H2,1-2H3,(H,20,24,25). The summed E-state index contributed by atoms with van der Waals surface area (Å²) in [5, 5.41) is 1.97. The highest BCUT2D eigenvalue weighted by molar-refractivity contribution is 7.09.